The van der Waals surface area contributed by atoms with E-state index in [1.165, 1.54) is 12.1 Å². The van der Waals surface area contributed by atoms with Crippen molar-refractivity contribution in [1.82, 2.24) is 0 Å². The van der Waals surface area contributed by atoms with Crippen LogP contribution in [0.3, 0.4) is 0 Å². The Labute approximate surface area is 96.5 Å². The summed E-state index contributed by atoms with van der Waals surface area (Å²) in [5, 5.41) is 19.1. The first-order chi connectivity index (χ1) is 8.02. The Morgan fingerprint density at radius 1 is 1.41 bits per heavy atom. The molecule has 0 unspecified atom stereocenters. The number of anilines is 1. The fourth-order valence-electron chi connectivity index (χ4n) is 1.12. The Bertz CT molecular complexity index is 494. The van der Waals surface area contributed by atoms with E-state index in [0.717, 1.165) is 6.07 Å². The average molecular weight is 236 g/mol. The van der Waals surface area contributed by atoms with Crippen LogP contribution in [0.1, 0.15) is 18.4 Å². The summed E-state index contributed by atoms with van der Waals surface area (Å²) in [5.41, 5.74) is 0.0745. The monoisotopic (exact) mass is 236 g/mol. The van der Waals surface area contributed by atoms with Crippen molar-refractivity contribution in [3.05, 3.63) is 29.6 Å². The number of aliphatic carboxylic acids is 1. The minimum absolute atomic E-state index is 0.0700. The molecule has 0 radical (unpaired) electrons. The second-order valence-corrected chi connectivity index (χ2v) is 3.25. The van der Waals surface area contributed by atoms with Gasteiger partial charge in [0.2, 0.25) is 5.91 Å². The lowest BCUT2D eigenvalue weighted by Gasteiger charge is -2.05. The van der Waals surface area contributed by atoms with Crippen LogP contribution in [0, 0.1) is 17.1 Å². The predicted octanol–water partition coefficient (Wildman–Crippen LogP) is 1.50. The summed E-state index contributed by atoms with van der Waals surface area (Å²) in [6.45, 7) is 0. The van der Waals surface area contributed by atoms with Gasteiger partial charge in [0.25, 0.3) is 0 Å². The first-order valence-corrected chi connectivity index (χ1v) is 4.74. The number of nitrogens with one attached hydrogen (secondary N) is 1. The van der Waals surface area contributed by atoms with Crippen molar-refractivity contribution in [1.29, 1.82) is 5.26 Å². The van der Waals surface area contributed by atoms with E-state index in [2.05, 4.69) is 5.32 Å². The number of hydrogen-bond donors (Lipinski definition) is 2. The molecule has 0 spiro atoms. The number of rotatable bonds is 4. The number of carbonyl (C=O) groups excluding carboxylic acids is 1. The van der Waals surface area contributed by atoms with Gasteiger partial charge in [-0.25, -0.2) is 4.39 Å². The molecule has 1 amide bonds. The molecule has 17 heavy (non-hydrogen) atoms. The molecule has 1 aromatic carbocycles. The van der Waals surface area contributed by atoms with Gasteiger partial charge in [0, 0.05) is 6.42 Å². The summed E-state index contributed by atoms with van der Waals surface area (Å²) in [6, 6.07) is 5.36. The molecule has 2 N–H and O–H groups in total. The number of carbonyl (C=O) groups is 2. The fraction of sp³-hybridized carbons (Fsp3) is 0.182. The van der Waals surface area contributed by atoms with Gasteiger partial charge in [0.1, 0.15) is 5.82 Å². The molecule has 0 aliphatic carbocycles. The molecule has 1 rings (SSSR count). The summed E-state index contributed by atoms with van der Waals surface area (Å²) >= 11 is 0. The van der Waals surface area contributed by atoms with Gasteiger partial charge >= 0.3 is 5.97 Å². The highest BCUT2D eigenvalue weighted by atomic mass is 19.1. The van der Waals surface area contributed by atoms with Crippen molar-refractivity contribution in [3.8, 4) is 6.07 Å². The number of nitriles is 1. The maximum absolute atomic E-state index is 13.3. The minimum atomic E-state index is -1.10. The quantitative estimate of drug-likeness (QED) is 0.828. The molecule has 0 heterocycles. The third-order valence-corrected chi connectivity index (χ3v) is 1.94. The highest BCUT2D eigenvalue weighted by Gasteiger charge is 2.09. The van der Waals surface area contributed by atoms with Crippen LogP contribution >= 0.6 is 0 Å². The number of benzene rings is 1. The van der Waals surface area contributed by atoms with Crippen molar-refractivity contribution in [2.24, 2.45) is 0 Å². The highest BCUT2D eigenvalue weighted by Crippen LogP contribution is 2.15. The van der Waals surface area contributed by atoms with Crippen LogP contribution in [0.15, 0.2) is 18.2 Å². The van der Waals surface area contributed by atoms with E-state index >= 15 is 0 Å². The first kappa shape index (κ1) is 12.6. The summed E-state index contributed by atoms with van der Waals surface area (Å²) in [6.07, 6.45) is -0.543. The predicted molar refractivity (Wildman–Crippen MR) is 56.6 cm³/mol. The van der Waals surface area contributed by atoms with E-state index in [0.29, 0.717) is 0 Å². The van der Waals surface area contributed by atoms with Crippen LogP contribution in [-0.4, -0.2) is 17.0 Å². The van der Waals surface area contributed by atoms with Gasteiger partial charge < -0.3 is 10.4 Å². The van der Waals surface area contributed by atoms with Crippen LogP contribution in [0.4, 0.5) is 10.1 Å². The number of halogens is 1. The zero-order chi connectivity index (χ0) is 12.8. The lowest BCUT2D eigenvalue weighted by molar-refractivity contribution is -0.138. The number of carboxylic acid groups (broad SMARTS) is 1. The van der Waals surface area contributed by atoms with Gasteiger partial charge in [0.05, 0.1) is 23.7 Å². The molecule has 0 aliphatic heterocycles. The Kier molecular flexibility index (Phi) is 4.17. The van der Waals surface area contributed by atoms with E-state index in [-0.39, 0.29) is 24.1 Å². The van der Waals surface area contributed by atoms with Crippen LogP contribution in [0.25, 0.3) is 0 Å². The van der Waals surface area contributed by atoms with Crippen molar-refractivity contribution < 1.29 is 19.1 Å². The van der Waals surface area contributed by atoms with Gasteiger partial charge in [-0.15, -0.1) is 0 Å². The molecular weight excluding hydrogens is 227 g/mol. The van der Waals surface area contributed by atoms with Crippen molar-refractivity contribution in [2.45, 2.75) is 12.8 Å². The second-order valence-electron chi connectivity index (χ2n) is 3.25. The summed E-state index contributed by atoms with van der Waals surface area (Å²) in [4.78, 5) is 21.4. The number of nitrogens with zero attached hydrogens (tertiary/aromatic N) is 1. The molecule has 5 nitrogen and oxygen atoms in total. The molecule has 0 bridgehead atoms. The van der Waals surface area contributed by atoms with E-state index < -0.39 is 17.7 Å². The molecule has 0 fully saturated rings. The smallest absolute Gasteiger partial charge is 0.303 e. The Hall–Kier alpha value is -2.42. The largest absolute Gasteiger partial charge is 0.481 e. The standard InChI is InChI=1S/C11H9FN2O3/c12-8-5-7(6-13)1-2-9(8)14-10(15)3-4-11(16)17/h1-2,5H,3-4H2,(H,14,15)(H,16,17). The highest BCUT2D eigenvalue weighted by molar-refractivity contribution is 5.92. The molecule has 88 valence electrons. The minimum Gasteiger partial charge on any atom is -0.481 e. The Morgan fingerprint density at radius 3 is 2.65 bits per heavy atom. The first-order valence-electron chi connectivity index (χ1n) is 4.74. The lowest BCUT2D eigenvalue weighted by atomic mass is 10.2. The molecule has 0 atom stereocenters. The zero-order valence-corrected chi connectivity index (χ0v) is 8.74. The van der Waals surface area contributed by atoms with E-state index in [1.807, 2.05) is 0 Å². The Balaban J connectivity index is 2.66. The van der Waals surface area contributed by atoms with Crippen molar-refractivity contribution in [2.75, 3.05) is 5.32 Å². The van der Waals surface area contributed by atoms with Gasteiger partial charge in [-0.2, -0.15) is 5.26 Å². The van der Waals surface area contributed by atoms with Crippen molar-refractivity contribution in [3.63, 3.8) is 0 Å². The third-order valence-electron chi connectivity index (χ3n) is 1.94. The molecule has 6 heteroatoms. The summed E-state index contributed by atoms with van der Waals surface area (Å²) in [7, 11) is 0. The maximum Gasteiger partial charge on any atom is 0.303 e. The SMILES string of the molecule is N#Cc1ccc(NC(=O)CCC(=O)O)c(F)c1. The van der Waals surface area contributed by atoms with E-state index in [1.54, 1.807) is 6.07 Å². The second kappa shape index (κ2) is 5.61. The molecular formula is C11H9FN2O3. The van der Waals surface area contributed by atoms with Gasteiger partial charge in [-0.05, 0) is 18.2 Å². The topological polar surface area (TPSA) is 90.2 Å². The van der Waals surface area contributed by atoms with E-state index in [9.17, 15) is 14.0 Å². The fourth-order valence-corrected chi connectivity index (χ4v) is 1.12. The molecule has 0 aromatic heterocycles. The van der Waals surface area contributed by atoms with E-state index in [4.69, 9.17) is 10.4 Å². The number of hydrogen-bond acceptors (Lipinski definition) is 3. The number of amides is 1. The van der Waals surface area contributed by atoms with Crippen molar-refractivity contribution >= 4 is 17.6 Å². The third kappa shape index (κ3) is 3.91. The average Bonchev–Trinajstić information content (AvgIpc) is 2.29. The van der Waals surface area contributed by atoms with Gasteiger partial charge in [-0.3, -0.25) is 9.59 Å². The van der Waals surface area contributed by atoms with Crippen LogP contribution < -0.4 is 5.32 Å². The lowest BCUT2D eigenvalue weighted by Crippen LogP contribution is -2.14. The Morgan fingerprint density at radius 2 is 2.12 bits per heavy atom. The molecule has 1 aromatic rings. The maximum atomic E-state index is 13.3. The molecule has 0 saturated carbocycles. The normalized spacial score (nSPS) is 9.41. The zero-order valence-electron chi connectivity index (χ0n) is 8.74. The molecule has 0 aliphatic rings. The number of carboxylic acids is 1. The van der Waals surface area contributed by atoms with Crippen LogP contribution in [0.5, 0.6) is 0 Å². The molecule has 0 saturated heterocycles. The van der Waals surface area contributed by atoms with Crippen LogP contribution in [0.2, 0.25) is 0 Å². The summed E-state index contributed by atoms with van der Waals surface area (Å²) < 4.78 is 13.3. The van der Waals surface area contributed by atoms with Gasteiger partial charge in [-0.1, -0.05) is 0 Å². The van der Waals surface area contributed by atoms with Crippen LogP contribution in [-0.2, 0) is 9.59 Å². The van der Waals surface area contributed by atoms with Gasteiger partial charge in [0.15, 0.2) is 0 Å². The summed E-state index contributed by atoms with van der Waals surface area (Å²) in [5.74, 6) is -2.41.